The molecule has 1 heterocycles. The first-order valence-electron chi connectivity index (χ1n) is 9.74. The lowest BCUT2D eigenvalue weighted by atomic mass is 10.1. The van der Waals surface area contributed by atoms with Crippen molar-refractivity contribution in [2.75, 3.05) is 32.8 Å². The average molecular weight is 479 g/mol. The fourth-order valence-electron chi connectivity index (χ4n) is 3.07. The molecule has 0 saturated carbocycles. The molecule has 0 unspecified atom stereocenters. The average Bonchev–Trinajstić information content (AvgIpc) is 2.73. The molecular weight excluding hydrogens is 452 g/mol. The van der Waals surface area contributed by atoms with E-state index < -0.39 is 11.9 Å². The van der Waals surface area contributed by atoms with Gasteiger partial charge >= 0.3 is 11.9 Å². The van der Waals surface area contributed by atoms with E-state index in [9.17, 15) is 0 Å². The monoisotopic (exact) mass is 478 g/mol. The number of halogens is 1. The number of carbonyl (C=O) groups is 2. The normalized spacial score (nSPS) is 14.5. The van der Waals surface area contributed by atoms with Crippen LogP contribution in [-0.2, 0) is 22.7 Å². The molecule has 1 fully saturated rings. The van der Waals surface area contributed by atoms with Crippen molar-refractivity contribution in [3.8, 4) is 5.75 Å². The lowest BCUT2D eigenvalue weighted by Crippen LogP contribution is -2.45. The first-order chi connectivity index (χ1) is 14.4. The number of carboxylic acid groups (broad SMARTS) is 2. The van der Waals surface area contributed by atoms with Gasteiger partial charge in [-0.05, 0) is 42.3 Å². The molecule has 1 saturated heterocycles. The van der Waals surface area contributed by atoms with Crippen LogP contribution in [0.2, 0.25) is 0 Å². The van der Waals surface area contributed by atoms with E-state index in [4.69, 9.17) is 24.5 Å². The largest absolute Gasteiger partial charge is 0.494 e. The van der Waals surface area contributed by atoms with Gasteiger partial charge in [-0.3, -0.25) is 9.80 Å². The van der Waals surface area contributed by atoms with Gasteiger partial charge in [-0.25, -0.2) is 9.59 Å². The molecule has 0 aromatic heterocycles. The third-order valence-corrected chi connectivity index (χ3v) is 5.14. The Morgan fingerprint density at radius 3 is 1.60 bits per heavy atom. The molecule has 2 aromatic rings. The van der Waals surface area contributed by atoms with E-state index in [0.29, 0.717) is 0 Å². The van der Waals surface area contributed by atoms with E-state index in [0.717, 1.165) is 56.1 Å². The summed E-state index contributed by atoms with van der Waals surface area (Å²) in [4.78, 5) is 23.3. The molecule has 2 aromatic carbocycles. The molecule has 1 aliphatic heterocycles. The minimum absolute atomic E-state index is 0.722. The first-order valence-corrected chi connectivity index (χ1v) is 10.5. The van der Waals surface area contributed by atoms with Gasteiger partial charge in [-0.1, -0.05) is 40.2 Å². The van der Waals surface area contributed by atoms with Crippen molar-refractivity contribution in [3.63, 3.8) is 0 Å². The van der Waals surface area contributed by atoms with E-state index in [2.05, 4.69) is 74.3 Å². The van der Waals surface area contributed by atoms with Crippen LogP contribution in [0, 0.1) is 0 Å². The van der Waals surface area contributed by atoms with Crippen LogP contribution in [0.15, 0.2) is 53.0 Å². The number of piperazine rings is 1. The van der Waals surface area contributed by atoms with Gasteiger partial charge in [-0.15, -0.1) is 0 Å². The van der Waals surface area contributed by atoms with Crippen LogP contribution in [0.4, 0.5) is 0 Å². The highest BCUT2D eigenvalue weighted by Gasteiger charge is 2.17. The number of carboxylic acids is 2. The first kappa shape index (κ1) is 23.9. The Morgan fingerprint density at radius 2 is 1.23 bits per heavy atom. The summed E-state index contributed by atoms with van der Waals surface area (Å²) in [6, 6.07) is 17.2. The van der Waals surface area contributed by atoms with E-state index >= 15 is 0 Å². The Balaban J connectivity index is 0.000000469. The van der Waals surface area contributed by atoms with Crippen molar-refractivity contribution in [2.45, 2.75) is 20.0 Å². The Labute approximate surface area is 185 Å². The highest BCUT2D eigenvalue weighted by molar-refractivity contribution is 9.10. The molecule has 0 bridgehead atoms. The van der Waals surface area contributed by atoms with Gasteiger partial charge in [0.05, 0.1) is 6.61 Å². The standard InChI is InChI=1S/C20H25BrN2O.C2H2O4/c1-2-24-20-9-5-18(6-10-20)16-23-13-11-22(12-14-23)15-17-3-7-19(21)8-4-17;3-1(4)2(5)6/h3-10H,2,11-16H2,1H3;(H,3,4)(H,5,6). The van der Waals surface area contributed by atoms with Crippen molar-refractivity contribution < 1.29 is 24.5 Å². The van der Waals surface area contributed by atoms with E-state index in [-0.39, 0.29) is 0 Å². The number of rotatable bonds is 6. The third kappa shape index (κ3) is 8.52. The smallest absolute Gasteiger partial charge is 0.414 e. The summed E-state index contributed by atoms with van der Waals surface area (Å²) in [5.41, 5.74) is 2.75. The Morgan fingerprint density at radius 1 is 0.833 bits per heavy atom. The number of hydrogen-bond acceptors (Lipinski definition) is 5. The summed E-state index contributed by atoms with van der Waals surface area (Å²) in [6.07, 6.45) is 0. The fourth-order valence-corrected chi connectivity index (χ4v) is 3.33. The molecule has 0 radical (unpaired) electrons. The van der Waals surface area contributed by atoms with Crippen molar-refractivity contribution in [1.82, 2.24) is 9.80 Å². The molecule has 2 N–H and O–H groups in total. The SMILES string of the molecule is CCOc1ccc(CN2CCN(Cc3ccc(Br)cc3)CC2)cc1.O=C(O)C(=O)O. The van der Waals surface area contributed by atoms with Gasteiger partial charge in [0.25, 0.3) is 0 Å². The summed E-state index contributed by atoms with van der Waals surface area (Å²) >= 11 is 3.49. The molecular formula is C22H27BrN2O5. The van der Waals surface area contributed by atoms with Gasteiger partial charge in [0, 0.05) is 43.7 Å². The molecule has 30 heavy (non-hydrogen) atoms. The maximum Gasteiger partial charge on any atom is 0.414 e. The third-order valence-electron chi connectivity index (χ3n) is 4.61. The second-order valence-corrected chi connectivity index (χ2v) is 7.78. The Hall–Kier alpha value is -2.42. The van der Waals surface area contributed by atoms with Crippen molar-refractivity contribution in [3.05, 3.63) is 64.1 Å². The predicted octanol–water partition coefficient (Wildman–Crippen LogP) is 3.32. The van der Waals surface area contributed by atoms with E-state index in [1.807, 2.05) is 6.92 Å². The van der Waals surface area contributed by atoms with E-state index in [1.54, 1.807) is 0 Å². The van der Waals surface area contributed by atoms with Crippen LogP contribution < -0.4 is 4.74 Å². The summed E-state index contributed by atoms with van der Waals surface area (Å²) in [7, 11) is 0. The van der Waals surface area contributed by atoms with Gasteiger partial charge in [0.15, 0.2) is 0 Å². The summed E-state index contributed by atoms with van der Waals surface area (Å²) in [5, 5.41) is 14.8. The highest BCUT2D eigenvalue weighted by Crippen LogP contribution is 2.16. The van der Waals surface area contributed by atoms with Crippen LogP contribution in [0.5, 0.6) is 5.75 Å². The highest BCUT2D eigenvalue weighted by atomic mass is 79.9. The second kappa shape index (κ2) is 12.3. The Bertz CT molecular complexity index is 791. The number of benzene rings is 2. The molecule has 0 amide bonds. The topological polar surface area (TPSA) is 90.3 Å². The summed E-state index contributed by atoms with van der Waals surface area (Å²) in [6.45, 7) is 9.33. The van der Waals surface area contributed by atoms with Crippen molar-refractivity contribution >= 4 is 27.9 Å². The number of hydrogen-bond donors (Lipinski definition) is 2. The maximum atomic E-state index is 9.10. The molecule has 1 aliphatic rings. The van der Waals surface area contributed by atoms with Gasteiger partial charge in [-0.2, -0.15) is 0 Å². The van der Waals surface area contributed by atoms with Crippen LogP contribution >= 0.6 is 15.9 Å². The van der Waals surface area contributed by atoms with Crippen molar-refractivity contribution in [1.29, 1.82) is 0 Å². The number of nitrogens with zero attached hydrogens (tertiary/aromatic N) is 2. The lowest BCUT2D eigenvalue weighted by Gasteiger charge is -2.34. The Kier molecular flexibility index (Phi) is 9.79. The van der Waals surface area contributed by atoms with Crippen LogP contribution in [0.25, 0.3) is 0 Å². The molecule has 8 heteroatoms. The van der Waals surface area contributed by atoms with Gasteiger partial charge in [0.2, 0.25) is 0 Å². The van der Waals surface area contributed by atoms with Gasteiger partial charge in [0.1, 0.15) is 5.75 Å². The molecule has 7 nitrogen and oxygen atoms in total. The number of ether oxygens (including phenoxy) is 1. The zero-order chi connectivity index (χ0) is 21.9. The van der Waals surface area contributed by atoms with Gasteiger partial charge < -0.3 is 14.9 Å². The van der Waals surface area contributed by atoms with E-state index in [1.165, 1.54) is 11.1 Å². The fraction of sp³-hybridized carbons (Fsp3) is 0.364. The second-order valence-electron chi connectivity index (χ2n) is 6.87. The minimum Gasteiger partial charge on any atom is -0.494 e. The quantitative estimate of drug-likeness (QED) is 0.615. The summed E-state index contributed by atoms with van der Waals surface area (Å²) in [5.74, 6) is -2.69. The molecule has 3 rings (SSSR count). The zero-order valence-corrected chi connectivity index (χ0v) is 18.5. The minimum atomic E-state index is -1.82. The van der Waals surface area contributed by atoms with Crippen LogP contribution in [0.1, 0.15) is 18.1 Å². The molecule has 0 atom stereocenters. The zero-order valence-electron chi connectivity index (χ0n) is 17.0. The molecule has 0 aliphatic carbocycles. The molecule has 162 valence electrons. The summed E-state index contributed by atoms with van der Waals surface area (Å²) < 4.78 is 6.65. The predicted molar refractivity (Wildman–Crippen MR) is 118 cm³/mol. The lowest BCUT2D eigenvalue weighted by molar-refractivity contribution is -0.159. The van der Waals surface area contributed by atoms with Crippen molar-refractivity contribution in [2.24, 2.45) is 0 Å². The number of aliphatic carboxylic acids is 2. The molecule has 0 spiro atoms. The van der Waals surface area contributed by atoms with Crippen LogP contribution in [-0.4, -0.2) is 64.7 Å². The van der Waals surface area contributed by atoms with Crippen LogP contribution in [0.3, 0.4) is 0 Å². The maximum absolute atomic E-state index is 9.10.